The number of carboxylic acid groups (broad SMARTS) is 1. The third-order valence-electron chi connectivity index (χ3n) is 6.65. The van der Waals surface area contributed by atoms with E-state index in [1.165, 1.54) is 12.0 Å². The Morgan fingerprint density at radius 2 is 1.67 bits per heavy atom. The third kappa shape index (κ3) is 5.36. The Kier molecular flexibility index (Phi) is 8.04. The number of aliphatic carboxylic acids is 1. The van der Waals surface area contributed by atoms with Crippen molar-refractivity contribution in [3.63, 3.8) is 0 Å². The molecule has 0 bridgehead atoms. The molecule has 1 amide bonds. The lowest BCUT2D eigenvalue weighted by Crippen LogP contribution is -2.29. The zero-order chi connectivity index (χ0) is 28.3. The Morgan fingerprint density at radius 1 is 0.974 bits per heavy atom. The van der Waals surface area contributed by atoms with Gasteiger partial charge in [-0.1, -0.05) is 44.2 Å². The summed E-state index contributed by atoms with van der Waals surface area (Å²) < 4.78 is 11.3. The average Bonchev–Trinajstić information content (AvgIpc) is 3.18. The number of hydrogen-bond acceptors (Lipinski definition) is 6. The van der Waals surface area contributed by atoms with Crippen LogP contribution in [0, 0.1) is 0 Å². The highest BCUT2D eigenvalue weighted by atomic mass is 16.5. The normalized spacial score (nSPS) is 16.5. The van der Waals surface area contributed by atoms with Crippen LogP contribution in [-0.4, -0.2) is 41.6 Å². The predicted molar refractivity (Wildman–Crippen MR) is 147 cm³/mol. The molecule has 4 rings (SSSR count). The monoisotopic (exact) mass is 529 g/mol. The van der Waals surface area contributed by atoms with Gasteiger partial charge in [0.05, 0.1) is 31.8 Å². The van der Waals surface area contributed by atoms with Gasteiger partial charge in [0, 0.05) is 16.8 Å². The lowest BCUT2D eigenvalue weighted by molar-refractivity contribution is -0.136. The molecule has 8 heteroatoms. The van der Waals surface area contributed by atoms with E-state index in [4.69, 9.17) is 14.6 Å². The molecule has 1 aliphatic heterocycles. The molecule has 1 saturated heterocycles. The fourth-order valence-corrected chi connectivity index (χ4v) is 4.82. The van der Waals surface area contributed by atoms with Crippen molar-refractivity contribution in [1.29, 1.82) is 0 Å². The van der Waals surface area contributed by atoms with Crippen molar-refractivity contribution in [2.24, 2.45) is 0 Å². The first-order chi connectivity index (χ1) is 18.7. The van der Waals surface area contributed by atoms with Gasteiger partial charge in [0.2, 0.25) is 0 Å². The maximum atomic E-state index is 13.5. The largest absolute Gasteiger partial charge is 0.507 e. The molecule has 0 aromatic heterocycles. The minimum atomic E-state index is -0.986. The molecule has 202 valence electrons. The van der Waals surface area contributed by atoms with Crippen LogP contribution in [-0.2, 0) is 20.8 Å². The van der Waals surface area contributed by atoms with Crippen molar-refractivity contribution in [2.45, 2.75) is 39.2 Å². The molecule has 1 unspecified atom stereocenters. The molecule has 1 aliphatic rings. The maximum absolute atomic E-state index is 13.5. The van der Waals surface area contributed by atoms with Crippen molar-refractivity contribution in [2.75, 3.05) is 18.6 Å². The number of carbonyl (C=O) groups is 3. The van der Waals surface area contributed by atoms with E-state index in [1.807, 2.05) is 20.8 Å². The molecule has 39 heavy (non-hydrogen) atoms. The lowest BCUT2D eigenvalue weighted by Gasteiger charge is -2.27. The van der Waals surface area contributed by atoms with Crippen LogP contribution in [0.4, 0.5) is 5.69 Å². The highest BCUT2D eigenvalue weighted by Gasteiger charge is 2.48. The van der Waals surface area contributed by atoms with Gasteiger partial charge in [-0.3, -0.25) is 19.3 Å². The van der Waals surface area contributed by atoms with Gasteiger partial charge in [-0.15, -0.1) is 0 Å². The molecule has 0 saturated carbocycles. The number of ketones is 1. The second kappa shape index (κ2) is 11.4. The molecule has 3 aromatic carbocycles. The summed E-state index contributed by atoms with van der Waals surface area (Å²) >= 11 is 0. The molecular formula is C31H31NO7. The first-order valence-electron chi connectivity index (χ1n) is 12.7. The summed E-state index contributed by atoms with van der Waals surface area (Å²) in [5, 5.41) is 20.7. The number of hydrogen-bond donors (Lipinski definition) is 2. The fourth-order valence-electron chi connectivity index (χ4n) is 4.82. The Balaban J connectivity index is 1.92. The van der Waals surface area contributed by atoms with Crippen molar-refractivity contribution < 1.29 is 34.1 Å². The van der Waals surface area contributed by atoms with E-state index in [1.54, 1.807) is 66.7 Å². The summed E-state index contributed by atoms with van der Waals surface area (Å²) in [7, 11) is 1.49. The number of anilines is 1. The molecule has 1 atom stereocenters. The summed E-state index contributed by atoms with van der Waals surface area (Å²) in [4.78, 5) is 39.5. The first kappa shape index (κ1) is 27.4. The number of carbonyl (C=O) groups excluding carboxylic acids is 2. The van der Waals surface area contributed by atoms with Crippen LogP contribution in [0.15, 0.2) is 72.3 Å². The average molecular weight is 530 g/mol. The van der Waals surface area contributed by atoms with Gasteiger partial charge in [0.15, 0.2) is 0 Å². The van der Waals surface area contributed by atoms with Gasteiger partial charge in [-0.2, -0.15) is 0 Å². The van der Waals surface area contributed by atoms with E-state index in [0.717, 1.165) is 5.56 Å². The highest BCUT2D eigenvalue weighted by Crippen LogP contribution is 2.45. The van der Waals surface area contributed by atoms with E-state index < -0.39 is 23.7 Å². The molecule has 2 N–H and O–H groups in total. The smallest absolute Gasteiger partial charge is 0.307 e. The number of benzene rings is 3. The summed E-state index contributed by atoms with van der Waals surface area (Å²) in [5.41, 5.74) is 2.63. The highest BCUT2D eigenvalue weighted by molar-refractivity contribution is 6.51. The fraction of sp³-hybridized carbons (Fsp3) is 0.258. The van der Waals surface area contributed by atoms with Gasteiger partial charge >= 0.3 is 5.97 Å². The molecule has 1 fully saturated rings. The Bertz CT molecular complexity index is 1440. The van der Waals surface area contributed by atoms with Crippen LogP contribution in [0.3, 0.4) is 0 Å². The number of aliphatic hydroxyl groups is 1. The number of amides is 1. The van der Waals surface area contributed by atoms with Crippen molar-refractivity contribution in [1.82, 2.24) is 0 Å². The molecule has 8 nitrogen and oxygen atoms in total. The maximum Gasteiger partial charge on any atom is 0.307 e. The molecule has 0 aliphatic carbocycles. The first-order valence-corrected chi connectivity index (χ1v) is 12.7. The molecule has 1 heterocycles. The standard InChI is InChI=1S/C31H31NO7/c1-5-39-25-15-12-20(17-23(25)18(2)3)29(35)27-28(22-8-6-7-9-24(22)38-4)32(31(37)30(27)36)21-13-10-19(11-14-21)16-26(33)34/h6-15,17-18,28,35H,5,16H2,1-4H3,(H,33,34)/b29-27+. The number of methoxy groups -OCH3 is 1. The summed E-state index contributed by atoms with van der Waals surface area (Å²) in [6.45, 7) is 6.38. The minimum absolute atomic E-state index is 0.0713. The number of aliphatic hydroxyl groups excluding tert-OH is 1. The van der Waals surface area contributed by atoms with Crippen LogP contribution in [0.25, 0.3) is 5.76 Å². The van der Waals surface area contributed by atoms with Crippen LogP contribution >= 0.6 is 0 Å². The Morgan fingerprint density at radius 3 is 2.28 bits per heavy atom. The van der Waals surface area contributed by atoms with E-state index in [9.17, 15) is 19.5 Å². The number of rotatable bonds is 9. The third-order valence-corrected chi connectivity index (χ3v) is 6.65. The van der Waals surface area contributed by atoms with Crippen LogP contribution in [0.2, 0.25) is 0 Å². The van der Waals surface area contributed by atoms with E-state index in [-0.39, 0.29) is 23.7 Å². The van der Waals surface area contributed by atoms with E-state index in [2.05, 4.69) is 0 Å². The number of carboxylic acids is 1. The quantitative estimate of drug-likeness (QED) is 0.215. The summed E-state index contributed by atoms with van der Waals surface area (Å²) in [6.07, 6.45) is -0.176. The van der Waals surface area contributed by atoms with Crippen LogP contribution in [0.5, 0.6) is 11.5 Å². The molecule has 0 spiro atoms. The van der Waals surface area contributed by atoms with Crippen molar-refractivity contribution in [3.05, 3.63) is 94.6 Å². The summed E-state index contributed by atoms with van der Waals surface area (Å²) in [6, 6.07) is 17.6. The molecular weight excluding hydrogens is 498 g/mol. The lowest BCUT2D eigenvalue weighted by atomic mass is 9.92. The van der Waals surface area contributed by atoms with Gasteiger partial charge in [-0.25, -0.2) is 0 Å². The second-order valence-corrected chi connectivity index (χ2v) is 9.49. The predicted octanol–water partition coefficient (Wildman–Crippen LogP) is 5.47. The van der Waals surface area contributed by atoms with Gasteiger partial charge in [-0.05, 0) is 60.4 Å². The van der Waals surface area contributed by atoms with Crippen LogP contribution in [0.1, 0.15) is 55.0 Å². The van der Waals surface area contributed by atoms with E-state index in [0.29, 0.717) is 40.5 Å². The van der Waals surface area contributed by atoms with Gasteiger partial charge in [0.1, 0.15) is 17.3 Å². The number of para-hydroxylation sites is 1. The Labute approximate surface area is 227 Å². The SMILES string of the molecule is CCOc1ccc(/C(O)=C2\C(=O)C(=O)N(c3ccc(CC(=O)O)cc3)C2c2ccccc2OC)cc1C(C)C. The van der Waals surface area contributed by atoms with Crippen molar-refractivity contribution >= 4 is 29.1 Å². The summed E-state index contributed by atoms with van der Waals surface area (Å²) in [5.74, 6) is -1.72. The number of nitrogens with zero attached hydrogens (tertiary/aromatic N) is 1. The van der Waals surface area contributed by atoms with E-state index >= 15 is 0 Å². The van der Waals surface area contributed by atoms with Gasteiger partial charge < -0.3 is 19.7 Å². The molecule has 3 aromatic rings. The topological polar surface area (TPSA) is 113 Å². The zero-order valence-corrected chi connectivity index (χ0v) is 22.3. The molecule has 0 radical (unpaired) electrons. The number of ether oxygens (including phenoxy) is 2. The number of Topliss-reactive ketones (excluding diaryl/α,β-unsaturated/α-hetero) is 1. The zero-order valence-electron chi connectivity index (χ0n) is 22.3. The Hall–Kier alpha value is -4.59. The van der Waals surface area contributed by atoms with Crippen molar-refractivity contribution in [3.8, 4) is 11.5 Å². The van der Waals surface area contributed by atoms with Crippen LogP contribution < -0.4 is 14.4 Å². The second-order valence-electron chi connectivity index (χ2n) is 9.49. The minimum Gasteiger partial charge on any atom is -0.507 e. The van der Waals surface area contributed by atoms with Gasteiger partial charge in [0.25, 0.3) is 11.7 Å².